The van der Waals surface area contributed by atoms with E-state index in [0.29, 0.717) is 10.7 Å². The van der Waals surface area contributed by atoms with Gasteiger partial charge >= 0.3 is 11.8 Å². The molecule has 3 N–H and O–H groups in total. The molecule has 0 aliphatic rings. The summed E-state index contributed by atoms with van der Waals surface area (Å²) in [5, 5.41) is 14.5. The van der Waals surface area contributed by atoms with E-state index in [4.69, 9.17) is 28.3 Å². The number of amides is 2. The lowest BCUT2D eigenvalue weighted by molar-refractivity contribution is -0.132. The molecule has 0 bridgehead atoms. The van der Waals surface area contributed by atoms with Gasteiger partial charge in [0.05, 0.1) is 10.7 Å². The van der Waals surface area contributed by atoms with Crippen LogP contribution in [0.15, 0.2) is 42.5 Å². The molecule has 0 fully saturated rings. The van der Waals surface area contributed by atoms with Gasteiger partial charge in [-0.25, -0.2) is 0 Å². The Hall–Kier alpha value is -2.24. The molecule has 2 amide bonds. The van der Waals surface area contributed by atoms with Crippen LogP contribution in [0.3, 0.4) is 0 Å². The molecule has 0 atom stereocenters. The van der Waals surface area contributed by atoms with E-state index in [1.807, 2.05) is 0 Å². The molecule has 0 aliphatic carbocycles. The van der Waals surface area contributed by atoms with Crippen LogP contribution in [0.5, 0.6) is 5.75 Å². The van der Waals surface area contributed by atoms with Crippen molar-refractivity contribution < 1.29 is 14.7 Å². The highest BCUT2D eigenvalue weighted by atomic mass is 35.5. The Labute approximate surface area is 130 Å². The van der Waals surface area contributed by atoms with Crippen LogP contribution in [0.2, 0.25) is 10.0 Å². The molecule has 0 radical (unpaired) electrons. The monoisotopic (exact) mass is 324 g/mol. The third kappa shape index (κ3) is 4.11. The van der Waals surface area contributed by atoms with Crippen LogP contribution in [0.25, 0.3) is 0 Å². The Morgan fingerprint density at radius 1 is 0.905 bits per heavy atom. The highest BCUT2D eigenvalue weighted by Crippen LogP contribution is 2.25. The fourth-order valence-electron chi connectivity index (χ4n) is 1.50. The molecule has 0 heterocycles. The van der Waals surface area contributed by atoms with Crippen molar-refractivity contribution >= 4 is 46.4 Å². The third-order valence-electron chi connectivity index (χ3n) is 2.51. The summed E-state index contributed by atoms with van der Waals surface area (Å²) in [7, 11) is 0. The number of nitrogens with one attached hydrogen (secondary N) is 2. The van der Waals surface area contributed by atoms with Gasteiger partial charge in [0.2, 0.25) is 0 Å². The van der Waals surface area contributed by atoms with Gasteiger partial charge in [-0.15, -0.1) is 0 Å². The number of rotatable bonds is 2. The second-order valence-corrected chi connectivity index (χ2v) is 4.92. The largest absolute Gasteiger partial charge is 0.508 e. The smallest absolute Gasteiger partial charge is 0.314 e. The molecule has 0 unspecified atom stereocenters. The first-order chi connectivity index (χ1) is 9.95. The minimum Gasteiger partial charge on any atom is -0.508 e. The van der Waals surface area contributed by atoms with Gasteiger partial charge in [0.1, 0.15) is 5.75 Å². The van der Waals surface area contributed by atoms with Crippen molar-refractivity contribution in [1.82, 2.24) is 0 Å². The SMILES string of the molecule is O=C(Nc1ccc(O)cc1)C(=O)Nc1ccc(Cl)cc1Cl. The molecular formula is C14H10Cl2N2O3. The van der Waals surface area contributed by atoms with E-state index in [1.165, 1.54) is 36.4 Å². The van der Waals surface area contributed by atoms with Crippen molar-refractivity contribution in [3.63, 3.8) is 0 Å². The van der Waals surface area contributed by atoms with Gasteiger partial charge in [0.15, 0.2) is 0 Å². The quantitative estimate of drug-likeness (QED) is 0.586. The maximum absolute atomic E-state index is 11.8. The summed E-state index contributed by atoms with van der Waals surface area (Å²) in [5.74, 6) is -1.66. The second-order valence-electron chi connectivity index (χ2n) is 4.08. The fourth-order valence-corrected chi connectivity index (χ4v) is 1.96. The van der Waals surface area contributed by atoms with E-state index in [2.05, 4.69) is 10.6 Å². The summed E-state index contributed by atoms with van der Waals surface area (Å²) in [6, 6.07) is 10.2. The van der Waals surface area contributed by atoms with Gasteiger partial charge in [-0.2, -0.15) is 0 Å². The molecule has 7 heteroatoms. The number of phenols is 1. The minimum atomic E-state index is -0.868. The lowest BCUT2D eigenvalue weighted by Crippen LogP contribution is -2.29. The maximum atomic E-state index is 11.8. The first kappa shape index (κ1) is 15.2. The number of hydrogen-bond donors (Lipinski definition) is 3. The minimum absolute atomic E-state index is 0.0606. The fraction of sp³-hybridized carbons (Fsp3) is 0. The number of anilines is 2. The van der Waals surface area contributed by atoms with Gasteiger partial charge in [0, 0.05) is 10.7 Å². The number of benzene rings is 2. The van der Waals surface area contributed by atoms with E-state index in [9.17, 15) is 9.59 Å². The molecule has 0 aromatic heterocycles. The predicted molar refractivity (Wildman–Crippen MR) is 81.8 cm³/mol. The van der Waals surface area contributed by atoms with Crippen LogP contribution in [-0.2, 0) is 9.59 Å². The first-order valence-corrected chi connectivity index (χ1v) is 6.58. The van der Waals surface area contributed by atoms with Gasteiger partial charge in [0.25, 0.3) is 0 Å². The highest BCUT2D eigenvalue weighted by molar-refractivity contribution is 6.45. The van der Waals surface area contributed by atoms with Crippen molar-refractivity contribution in [2.24, 2.45) is 0 Å². The zero-order valence-electron chi connectivity index (χ0n) is 10.6. The van der Waals surface area contributed by atoms with Gasteiger partial charge in [-0.1, -0.05) is 23.2 Å². The van der Waals surface area contributed by atoms with Crippen molar-refractivity contribution in [3.05, 3.63) is 52.5 Å². The molecule has 5 nitrogen and oxygen atoms in total. The third-order valence-corrected chi connectivity index (χ3v) is 3.06. The zero-order chi connectivity index (χ0) is 15.4. The van der Waals surface area contributed by atoms with Crippen molar-refractivity contribution in [3.8, 4) is 5.75 Å². The van der Waals surface area contributed by atoms with Crippen LogP contribution in [0.4, 0.5) is 11.4 Å². The molecule has 2 rings (SSSR count). The molecule has 21 heavy (non-hydrogen) atoms. The van der Waals surface area contributed by atoms with E-state index < -0.39 is 11.8 Å². The van der Waals surface area contributed by atoms with Crippen LogP contribution in [0.1, 0.15) is 0 Å². The van der Waals surface area contributed by atoms with Crippen LogP contribution in [0, 0.1) is 0 Å². The Morgan fingerprint density at radius 2 is 1.52 bits per heavy atom. The summed E-state index contributed by atoms with van der Waals surface area (Å²) in [6.07, 6.45) is 0. The second kappa shape index (κ2) is 6.47. The number of carbonyl (C=O) groups is 2. The summed E-state index contributed by atoms with van der Waals surface area (Å²) in [6.45, 7) is 0. The topological polar surface area (TPSA) is 78.4 Å². The number of halogens is 2. The van der Waals surface area contributed by atoms with Crippen LogP contribution >= 0.6 is 23.2 Å². The van der Waals surface area contributed by atoms with Gasteiger partial charge in [-0.05, 0) is 42.5 Å². The normalized spacial score (nSPS) is 10.0. The summed E-state index contributed by atoms with van der Waals surface area (Å²) in [4.78, 5) is 23.5. The van der Waals surface area contributed by atoms with Crippen molar-refractivity contribution in [1.29, 1.82) is 0 Å². The van der Waals surface area contributed by atoms with Crippen LogP contribution in [-0.4, -0.2) is 16.9 Å². The molecule has 108 valence electrons. The zero-order valence-corrected chi connectivity index (χ0v) is 12.1. The molecular weight excluding hydrogens is 315 g/mol. The molecule has 2 aromatic carbocycles. The Balaban J connectivity index is 2.02. The Kier molecular flexibility index (Phi) is 4.67. The molecule has 2 aromatic rings. The molecule has 0 aliphatic heterocycles. The van der Waals surface area contributed by atoms with E-state index in [0.717, 1.165) is 0 Å². The first-order valence-electron chi connectivity index (χ1n) is 5.82. The molecule has 0 saturated carbocycles. The number of hydrogen-bond acceptors (Lipinski definition) is 3. The number of carbonyl (C=O) groups excluding carboxylic acids is 2. The van der Waals surface area contributed by atoms with E-state index >= 15 is 0 Å². The lowest BCUT2D eigenvalue weighted by atomic mass is 10.3. The number of phenolic OH excluding ortho intramolecular Hbond substituents is 1. The maximum Gasteiger partial charge on any atom is 0.314 e. The Bertz CT molecular complexity index is 687. The van der Waals surface area contributed by atoms with Gasteiger partial charge in [-0.3, -0.25) is 9.59 Å². The summed E-state index contributed by atoms with van der Waals surface area (Å²) >= 11 is 11.6. The molecule has 0 saturated heterocycles. The van der Waals surface area contributed by atoms with Crippen molar-refractivity contribution in [2.75, 3.05) is 10.6 Å². The number of aromatic hydroxyl groups is 1. The average Bonchev–Trinajstić information content (AvgIpc) is 2.44. The highest BCUT2D eigenvalue weighted by Gasteiger charge is 2.15. The standard InChI is InChI=1S/C14H10Cl2N2O3/c15-8-1-6-12(11(16)7-8)18-14(21)13(20)17-9-2-4-10(19)5-3-9/h1-7,19H,(H,17,20)(H,18,21). The Morgan fingerprint density at radius 3 is 2.14 bits per heavy atom. The summed E-state index contributed by atoms with van der Waals surface area (Å²) in [5.41, 5.74) is 0.669. The summed E-state index contributed by atoms with van der Waals surface area (Å²) < 4.78 is 0. The van der Waals surface area contributed by atoms with E-state index in [-0.39, 0.29) is 16.5 Å². The lowest BCUT2D eigenvalue weighted by Gasteiger charge is -2.08. The van der Waals surface area contributed by atoms with E-state index in [1.54, 1.807) is 6.07 Å². The molecule has 0 spiro atoms. The average molecular weight is 325 g/mol. The van der Waals surface area contributed by atoms with Gasteiger partial charge < -0.3 is 15.7 Å². The predicted octanol–water partition coefficient (Wildman–Crippen LogP) is 3.28. The van der Waals surface area contributed by atoms with Crippen LogP contribution < -0.4 is 10.6 Å². The van der Waals surface area contributed by atoms with Crippen molar-refractivity contribution in [2.45, 2.75) is 0 Å².